The third kappa shape index (κ3) is 2.66. The molecular formula is C10H15N3O2S2. The normalized spacial score (nSPS) is 15.9. The van der Waals surface area contributed by atoms with E-state index >= 15 is 0 Å². The van der Waals surface area contributed by atoms with E-state index in [1.54, 1.807) is 6.92 Å². The number of thioether (sulfide) groups is 1. The van der Waals surface area contributed by atoms with Crippen molar-refractivity contribution in [2.24, 2.45) is 0 Å². The smallest absolute Gasteiger partial charge is 0.345 e. The molecule has 1 aromatic rings. The number of hydrogen-bond acceptors (Lipinski definition) is 7. The summed E-state index contributed by atoms with van der Waals surface area (Å²) >= 11 is 3.20. The van der Waals surface area contributed by atoms with E-state index in [1.807, 2.05) is 11.8 Å². The van der Waals surface area contributed by atoms with Crippen LogP contribution in [0, 0.1) is 0 Å². The summed E-state index contributed by atoms with van der Waals surface area (Å²) in [6, 6.07) is 0. The first-order chi connectivity index (χ1) is 8.24. The van der Waals surface area contributed by atoms with E-state index in [1.165, 1.54) is 11.5 Å². The van der Waals surface area contributed by atoms with Crippen molar-refractivity contribution in [2.75, 3.05) is 41.8 Å². The fourth-order valence-corrected chi connectivity index (χ4v) is 3.43. The highest BCUT2D eigenvalue weighted by atomic mass is 32.2. The topological polar surface area (TPSA) is 68.5 Å². The van der Waals surface area contributed by atoms with Crippen molar-refractivity contribution in [3.8, 4) is 0 Å². The number of ether oxygens (including phenoxy) is 1. The largest absolute Gasteiger partial charge is 0.462 e. The number of hydrogen-bond donors (Lipinski definition) is 1. The molecule has 1 aliphatic rings. The monoisotopic (exact) mass is 273 g/mol. The molecule has 2 heterocycles. The van der Waals surface area contributed by atoms with Crippen LogP contribution in [0.5, 0.6) is 0 Å². The number of nitrogens with zero attached hydrogens (tertiary/aromatic N) is 2. The van der Waals surface area contributed by atoms with E-state index in [0.717, 1.165) is 29.6 Å². The molecule has 0 unspecified atom stereocenters. The number of aromatic nitrogens is 1. The maximum absolute atomic E-state index is 11.8. The number of anilines is 2. The second-order valence-corrected chi connectivity index (χ2v) is 5.54. The summed E-state index contributed by atoms with van der Waals surface area (Å²) in [5.41, 5.74) is 6.18. The number of carbonyl (C=O) groups excluding carboxylic acids is 1. The summed E-state index contributed by atoms with van der Waals surface area (Å²) in [6.07, 6.45) is 0. The van der Waals surface area contributed by atoms with Crippen LogP contribution in [0.25, 0.3) is 0 Å². The van der Waals surface area contributed by atoms with Crippen LogP contribution < -0.4 is 10.6 Å². The van der Waals surface area contributed by atoms with Crippen molar-refractivity contribution in [3.63, 3.8) is 0 Å². The lowest BCUT2D eigenvalue weighted by Crippen LogP contribution is -2.33. The summed E-state index contributed by atoms with van der Waals surface area (Å²) in [7, 11) is 0. The van der Waals surface area contributed by atoms with E-state index in [9.17, 15) is 4.79 Å². The van der Waals surface area contributed by atoms with Crippen LogP contribution >= 0.6 is 23.3 Å². The summed E-state index contributed by atoms with van der Waals surface area (Å²) in [5.74, 6) is 2.05. The standard InChI is InChI=1S/C10H15N3O2S2/c1-2-15-10(14)7-8(11)12-17-9(7)13-3-5-16-6-4-13/h2-6H2,1H3,(H2,11,12). The van der Waals surface area contributed by atoms with Gasteiger partial charge in [-0.1, -0.05) is 0 Å². The van der Waals surface area contributed by atoms with Gasteiger partial charge in [0.2, 0.25) is 0 Å². The Kier molecular flexibility index (Phi) is 4.11. The molecule has 2 N–H and O–H groups in total. The highest BCUT2D eigenvalue weighted by molar-refractivity contribution is 7.99. The first-order valence-electron chi connectivity index (χ1n) is 5.49. The number of nitrogen functional groups attached to an aromatic ring is 1. The molecule has 0 aliphatic carbocycles. The van der Waals surface area contributed by atoms with Gasteiger partial charge in [-0.25, -0.2) is 4.79 Å². The minimum Gasteiger partial charge on any atom is -0.462 e. The van der Waals surface area contributed by atoms with Crippen molar-refractivity contribution < 1.29 is 9.53 Å². The van der Waals surface area contributed by atoms with Crippen molar-refractivity contribution >= 4 is 40.1 Å². The minimum absolute atomic E-state index is 0.279. The quantitative estimate of drug-likeness (QED) is 0.841. The molecule has 94 valence electrons. The third-order valence-corrected chi connectivity index (χ3v) is 4.34. The van der Waals surface area contributed by atoms with Crippen LogP contribution in [-0.2, 0) is 4.74 Å². The molecule has 0 atom stereocenters. The molecular weight excluding hydrogens is 258 g/mol. The van der Waals surface area contributed by atoms with Crippen LogP contribution in [0.15, 0.2) is 0 Å². The Morgan fingerprint density at radius 2 is 2.24 bits per heavy atom. The lowest BCUT2D eigenvalue weighted by molar-refractivity contribution is 0.0528. The molecule has 1 fully saturated rings. The second-order valence-electron chi connectivity index (χ2n) is 3.57. The molecule has 0 radical (unpaired) electrons. The Morgan fingerprint density at radius 1 is 1.53 bits per heavy atom. The van der Waals surface area contributed by atoms with Crippen molar-refractivity contribution in [1.29, 1.82) is 0 Å². The molecule has 0 bridgehead atoms. The van der Waals surface area contributed by atoms with E-state index in [4.69, 9.17) is 10.5 Å². The van der Waals surface area contributed by atoms with Gasteiger partial charge in [-0.2, -0.15) is 16.1 Å². The van der Waals surface area contributed by atoms with Gasteiger partial charge in [0.1, 0.15) is 10.6 Å². The number of esters is 1. The molecule has 17 heavy (non-hydrogen) atoms. The molecule has 0 aromatic carbocycles. The minimum atomic E-state index is -0.369. The van der Waals surface area contributed by atoms with Crippen LogP contribution in [0.3, 0.4) is 0 Å². The zero-order valence-electron chi connectivity index (χ0n) is 9.64. The molecule has 1 aliphatic heterocycles. The van der Waals surface area contributed by atoms with Crippen molar-refractivity contribution in [1.82, 2.24) is 4.37 Å². The van der Waals surface area contributed by atoms with Gasteiger partial charge in [-0.05, 0) is 18.5 Å². The highest BCUT2D eigenvalue weighted by Gasteiger charge is 2.25. The van der Waals surface area contributed by atoms with E-state index in [2.05, 4.69) is 9.27 Å². The molecule has 1 aromatic heterocycles. The highest BCUT2D eigenvalue weighted by Crippen LogP contribution is 2.32. The maximum atomic E-state index is 11.8. The molecule has 0 amide bonds. The Morgan fingerprint density at radius 3 is 2.88 bits per heavy atom. The van der Waals surface area contributed by atoms with Gasteiger partial charge in [0.05, 0.1) is 6.61 Å². The first-order valence-corrected chi connectivity index (χ1v) is 7.41. The first kappa shape index (κ1) is 12.5. The molecule has 7 heteroatoms. The van der Waals surface area contributed by atoms with Crippen LogP contribution in [0.4, 0.5) is 10.8 Å². The van der Waals surface area contributed by atoms with Gasteiger partial charge in [-0.15, -0.1) is 0 Å². The summed E-state index contributed by atoms with van der Waals surface area (Å²) in [4.78, 5) is 14.0. The predicted molar refractivity (Wildman–Crippen MR) is 72.0 cm³/mol. The lowest BCUT2D eigenvalue weighted by atomic mass is 10.3. The van der Waals surface area contributed by atoms with Gasteiger partial charge in [-0.3, -0.25) is 0 Å². The fraction of sp³-hybridized carbons (Fsp3) is 0.600. The third-order valence-electron chi connectivity index (χ3n) is 2.48. The van der Waals surface area contributed by atoms with Crippen LogP contribution in [0.1, 0.15) is 17.3 Å². The summed E-state index contributed by atoms with van der Waals surface area (Å²) < 4.78 is 9.08. The molecule has 5 nitrogen and oxygen atoms in total. The molecule has 2 rings (SSSR count). The Hall–Kier alpha value is -0.950. The number of nitrogens with two attached hydrogens (primary N) is 1. The summed E-state index contributed by atoms with van der Waals surface area (Å²) in [6.45, 7) is 3.99. The Labute approximate surface area is 108 Å². The second kappa shape index (κ2) is 5.59. The van der Waals surface area contributed by atoms with E-state index < -0.39 is 0 Å². The average molecular weight is 273 g/mol. The Balaban J connectivity index is 2.24. The molecule has 0 spiro atoms. The molecule has 1 saturated heterocycles. The Bertz CT molecular complexity index is 402. The van der Waals surface area contributed by atoms with E-state index in [0.29, 0.717) is 12.2 Å². The van der Waals surface area contributed by atoms with Gasteiger partial charge < -0.3 is 15.4 Å². The molecule has 0 saturated carbocycles. The maximum Gasteiger partial charge on any atom is 0.345 e. The number of carbonyl (C=O) groups is 1. The fourth-order valence-electron chi connectivity index (χ4n) is 1.67. The van der Waals surface area contributed by atoms with Crippen molar-refractivity contribution in [2.45, 2.75) is 6.92 Å². The van der Waals surface area contributed by atoms with Gasteiger partial charge >= 0.3 is 5.97 Å². The SMILES string of the molecule is CCOC(=O)c1c(N)nsc1N1CCSCC1. The predicted octanol–water partition coefficient (Wildman–Crippen LogP) is 1.46. The van der Waals surface area contributed by atoms with Crippen LogP contribution in [-0.4, -0.2) is 41.5 Å². The zero-order valence-corrected chi connectivity index (χ0v) is 11.3. The van der Waals surface area contributed by atoms with Gasteiger partial charge in [0, 0.05) is 24.6 Å². The average Bonchev–Trinajstić information content (AvgIpc) is 2.73. The van der Waals surface area contributed by atoms with Gasteiger partial charge in [0.25, 0.3) is 0 Å². The van der Waals surface area contributed by atoms with Crippen molar-refractivity contribution in [3.05, 3.63) is 5.56 Å². The lowest BCUT2D eigenvalue weighted by Gasteiger charge is -2.27. The van der Waals surface area contributed by atoms with Gasteiger partial charge in [0.15, 0.2) is 5.82 Å². The van der Waals surface area contributed by atoms with Crippen LogP contribution in [0.2, 0.25) is 0 Å². The summed E-state index contributed by atoms with van der Waals surface area (Å²) in [5, 5.41) is 0.848. The number of rotatable bonds is 3. The van der Waals surface area contributed by atoms with E-state index in [-0.39, 0.29) is 11.8 Å². The zero-order chi connectivity index (χ0) is 12.3.